The van der Waals surface area contributed by atoms with Crippen LogP contribution in [0.1, 0.15) is 21.0 Å². The van der Waals surface area contributed by atoms with Crippen LogP contribution in [0.15, 0.2) is 42.5 Å². The number of benzene rings is 1. The highest BCUT2D eigenvalue weighted by Crippen LogP contribution is 2.08. The largest absolute Gasteiger partial charge is 0.348 e. The van der Waals surface area contributed by atoms with Crippen molar-refractivity contribution in [2.75, 3.05) is 5.32 Å². The van der Waals surface area contributed by atoms with E-state index in [0.29, 0.717) is 17.7 Å². The van der Waals surface area contributed by atoms with Gasteiger partial charge in [0.25, 0.3) is 5.91 Å². The third-order valence-corrected chi connectivity index (χ3v) is 2.11. The lowest BCUT2D eigenvalue weighted by atomic mass is 10.3. The van der Waals surface area contributed by atoms with Crippen LogP contribution in [0.4, 0.5) is 5.69 Å². The molecule has 0 saturated heterocycles. The number of aromatic nitrogens is 1. The third kappa shape index (κ3) is 2.17. The number of anilines is 1. The quantitative estimate of drug-likeness (QED) is 0.768. The molecule has 0 bridgehead atoms. The fourth-order valence-electron chi connectivity index (χ4n) is 1.33. The first-order valence-electron chi connectivity index (χ1n) is 4.80. The number of para-hydroxylation sites is 1. The number of hydrogen-bond acceptors (Lipinski definition) is 2. The first-order valence-corrected chi connectivity index (χ1v) is 4.80. The molecule has 2 rings (SSSR count). The van der Waals surface area contributed by atoms with Crippen LogP contribution < -0.4 is 5.32 Å². The second-order valence-corrected chi connectivity index (χ2v) is 3.27. The lowest BCUT2D eigenvalue weighted by Crippen LogP contribution is -2.12. The van der Waals surface area contributed by atoms with E-state index in [1.807, 2.05) is 18.2 Å². The number of carbonyl (C=O) groups is 2. The number of nitrogens with one attached hydrogen (secondary N) is 2. The number of aldehydes is 1. The first-order chi connectivity index (χ1) is 7.79. The maximum absolute atomic E-state index is 11.7. The minimum atomic E-state index is -0.265. The zero-order valence-electron chi connectivity index (χ0n) is 8.44. The highest BCUT2D eigenvalue weighted by molar-refractivity contribution is 6.03. The van der Waals surface area contributed by atoms with Gasteiger partial charge < -0.3 is 10.3 Å². The molecule has 2 N–H and O–H groups in total. The van der Waals surface area contributed by atoms with E-state index in [1.165, 1.54) is 0 Å². The van der Waals surface area contributed by atoms with E-state index in [9.17, 15) is 9.59 Å². The summed E-state index contributed by atoms with van der Waals surface area (Å²) >= 11 is 0. The smallest absolute Gasteiger partial charge is 0.272 e. The van der Waals surface area contributed by atoms with Crippen molar-refractivity contribution in [1.82, 2.24) is 4.98 Å². The summed E-state index contributed by atoms with van der Waals surface area (Å²) in [6, 6.07) is 12.3. The van der Waals surface area contributed by atoms with E-state index >= 15 is 0 Å². The fraction of sp³-hybridized carbons (Fsp3) is 0. The SMILES string of the molecule is O=Cc1ccc(C(=O)Nc2ccccc2)[nH]1. The summed E-state index contributed by atoms with van der Waals surface area (Å²) in [5, 5.41) is 2.71. The second-order valence-electron chi connectivity index (χ2n) is 3.27. The molecule has 1 heterocycles. The zero-order valence-corrected chi connectivity index (χ0v) is 8.44. The van der Waals surface area contributed by atoms with Gasteiger partial charge in [-0.2, -0.15) is 0 Å². The van der Waals surface area contributed by atoms with Gasteiger partial charge in [0.1, 0.15) is 5.69 Å². The molecule has 4 heteroatoms. The van der Waals surface area contributed by atoms with Crippen LogP contribution >= 0.6 is 0 Å². The summed E-state index contributed by atoms with van der Waals surface area (Å²) in [7, 11) is 0. The van der Waals surface area contributed by atoms with Crippen molar-refractivity contribution in [1.29, 1.82) is 0 Å². The number of H-pyrrole nitrogens is 1. The Labute approximate surface area is 92.3 Å². The second kappa shape index (κ2) is 4.44. The topological polar surface area (TPSA) is 62.0 Å². The van der Waals surface area contributed by atoms with Gasteiger partial charge in [0.15, 0.2) is 6.29 Å². The number of hydrogen-bond donors (Lipinski definition) is 2. The highest BCUT2D eigenvalue weighted by atomic mass is 16.2. The van der Waals surface area contributed by atoms with E-state index in [-0.39, 0.29) is 5.91 Å². The van der Waals surface area contributed by atoms with Gasteiger partial charge in [0, 0.05) is 5.69 Å². The van der Waals surface area contributed by atoms with Gasteiger partial charge in [-0.1, -0.05) is 18.2 Å². The van der Waals surface area contributed by atoms with Gasteiger partial charge in [-0.15, -0.1) is 0 Å². The molecule has 0 aliphatic carbocycles. The molecular weight excluding hydrogens is 204 g/mol. The standard InChI is InChI=1S/C12H10N2O2/c15-8-10-6-7-11(13-10)12(16)14-9-4-2-1-3-5-9/h1-8,13H,(H,14,16). The van der Waals surface area contributed by atoms with E-state index in [1.54, 1.807) is 24.3 Å². The van der Waals surface area contributed by atoms with Crippen molar-refractivity contribution in [3.05, 3.63) is 53.9 Å². The van der Waals surface area contributed by atoms with Crippen molar-refractivity contribution in [3.8, 4) is 0 Å². The molecule has 0 radical (unpaired) electrons. The Hall–Kier alpha value is -2.36. The Morgan fingerprint density at radius 1 is 1.12 bits per heavy atom. The summed E-state index contributed by atoms with van der Waals surface area (Å²) in [5.41, 5.74) is 1.47. The average Bonchev–Trinajstić information content (AvgIpc) is 2.79. The molecule has 4 nitrogen and oxygen atoms in total. The molecule has 2 aromatic rings. The van der Waals surface area contributed by atoms with Crippen molar-refractivity contribution < 1.29 is 9.59 Å². The fourth-order valence-corrected chi connectivity index (χ4v) is 1.33. The minimum absolute atomic E-state index is 0.265. The van der Waals surface area contributed by atoms with Gasteiger partial charge in [0.2, 0.25) is 0 Å². The van der Waals surface area contributed by atoms with E-state index in [0.717, 1.165) is 5.69 Å². The van der Waals surface area contributed by atoms with Gasteiger partial charge in [-0.25, -0.2) is 0 Å². The maximum Gasteiger partial charge on any atom is 0.272 e. The Balaban J connectivity index is 2.11. The number of aromatic amines is 1. The van der Waals surface area contributed by atoms with Crippen molar-refractivity contribution in [2.24, 2.45) is 0 Å². The average molecular weight is 214 g/mol. The molecule has 0 aliphatic rings. The third-order valence-electron chi connectivity index (χ3n) is 2.11. The summed E-state index contributed by atoms with van der Waals surface area (Å²) in [4.78, 5) is 24.8. The zero-order chi connectivity index (χ0) is 11.4. The van der Waals surface area contributed by atoms with Gasteiger partial charge in [0.05, 0.1) is 5.69 Å². The van der Waals surface area contributed by atoms with Crippen molar-refractivity contribution in [2.45, 2.75) is 0 Å². The van der Waals surface area contributed by atoms with Crippen molar-refractivity contribution >= 4 is 17.9 Å². The molecule has 1 aromatic carbocycles. The number of amides is 1. The molecule has 16 heavy (non-hydrogen) atoms. The molecule has 1 amide bonds. The van der Waals surface area contributed by atoms with Crippen LogP contribution in [0.3, 0.4) is 0 Å². The normalized spacial score (nSPS) is 9.75. The van der Waals surface area contributed by atoms with Crippen LogP contribution in [-0.4, -0.2) is 17.2 Å². The van der Waals surface area contributed by atoms with E-state index in [4.69, 9.17) is 0 Å². The van der Waals surface area contributed by atoms with Gasteiger partial charge in [-0.3, -0.25) is 9.59 Å². The minimum Gasteiger partial charge on any atom is -0.348 e. The molecule has 0 unspecified atom stereocenters. The van der Waals surface area contributed by atoms with E-state index < -0.39 is 0 Å². The molecule has 0 saturated carbocycles. The molecule has 0 fully saturated rings. The Bertz CT molecular complexity index is 503. The predicted molar refractivity (Wildman–Crippen MR) is 60.6 cm³/mol. The number of carbonyl (C=O) groups excluding carboxylic acids is 2. The lowest BCUT2D eigenvalue weighted by Gasteiger charge is -2.02. The maximum atomic E-state index is 11.7. The summed E-state index contributed by atoms with van der Waals surface area (Å²) in [6.07, 6.45) is 0.666. The van der Waals surface area contributed by atoms with Crippen LogP contribution in [0.2, 0.25) is 0 Å². The van der Waals surface area contributed by atoms with Crippen LogP contribution in [-0.2, 0) is 0 Å². The van der Waals surface area contributed by atoms with E-state index in [2.05, 4.69) is 10.3 Å². The van der Waals surface area contributed by atoms with Gasteiger partial charge in [-0.05, 0) is 24.3 Å². The molecular formula is C12H10N2O2. The monoisotopic (exact) mass is 214 g/mol. The highest BCUT2D eigenvalue weighted by Gasteiger charge is 2.07. The van der Waals surface area contributed by atoms with Crippen LogP contribution in [0.25, 0.3) is 0 Å². The molecule has 1 aromatic heterocycles. The van der Waals surface area contributed by atoms with Crippen LogP contribution in [0.5, 0.6) is 0 Å². The van der Waals surface area contributed by atoms with Crippen molar-refractivity contribution in [3.63, 3.8) is 0 Å². The predicted octanol–water partition coefficient (Wildman–Crippen LogP) is 2.08. The molecule has 0 spiro atoms. The summed E-state index contributed by atoms with van der Waals surface area (Å²) < 4.78 is 0. The van der Waals surface area contributed by atoms with Crippen LogP contribution in [0, 0.1) is 0 Å². The Morgan fingerprint density at radius 3 is 2.50 bits per heavy atom. The number of rotatable bonds is 3. The Kier molecular flexibility index (Phi) is 2.82. The molecule has 0 aliphatic heterocycles. The molecule has 0 atom stereocenters. The Morgan fingerprint density at radius 2 is 1.88 bits per heavy atom. The first kappa shape index (κ1) is 10.2. The summed E-state index contributed by atoms with van der Waals surface area (Å²) in [5.74, 6) is -0.265. The lowest BCUT2D eigenvalue weighted by molar-refractivity contribution is 0.102. The summed E-state index contributed by atoms with van der Waals surface area (Å²) in [6.45, 7) is 0. The van der Waals surface area contributed by atoms with Gasteiger partial charge >= 0.3 is 0 Å². The molecule has 80 valence electrons.